The summed E-state index contributed by atoms with van der Waals surface area (Å²) in [7, 11) is 2.01. The number of carbonyl (C=O) groups excluding carboxylic acids is 1. The first-order valence-electron chi connectivity index (χ1n) is 8.53. The summed E-state index contributed by atoms with van der Waals surface area (Å²) in [5.74, 6) is 1.07. The summed E-state index contributed by atoms with van der Waals surface area (Å²) >= 11 is 0. The van der Waals surface area contributed by atoms with Crippen molar-refractivity contribution >= 4 is 6.09 Å². The lowest BCUT2D eigenvalue weighted by Crippen LogP contribution is -2.50. The Balaban J connectivity index is 1.79. The summed E-state index contributed by atoms with van der Waals surface area (Å²) in [6.07, 6.45) is 7.75. The molecule has 1 aliphatic heterocycles. The van der Waals surface area contributed by atoms with Crippen molar-refractivity contribution in [3.05, 3.63) is 18.2 Å². The fraction of sp³-hybridized carbons (Fsp3) is 0.765. The standard InChI is InChI=1S/C17H30N4O2/c1-17(2,3)23-16(22)21-11-6-5-7-14(21)13-18-9-8-15-19-10-12-20(15)4/h10,12,14,18H,5-9,11,13H2,1-4H3. The molecule has 1 unspecified atom stereocenters. The van der Waals surface area contributed by atoms with Gasteiger partial charge in [0.05, 0.1) is 0 Å². The van der Waals surface area contributed by atoms with Crippen molar-refractivity contribution < 1.29 is 9.53 Å². The molecule has 1 aromatic rings. The summed E-state index contributed by atoms with van der Waals surface area (Å²) in [5.41, 5.74) is -0.440. The number of piperidine rings is 1. The number of likely N-dealkylation sites (tertiary alicyclic amines) is 1. The van der Waals surface area contributed by atoms with Crippen molar-refractivity contribution in [3.8, 4) is 0 Å². The largest absolute Gasteiger partial charge is 0.444 e. The van der Waals surface area contributed by atoms with Crippen LogP contribution in [0.3, 0.4) is 0 Å². The van der Waals surface area contributed by atoms with Crippen LogP contribution >= 0.6 is 0 Å². The highest BCUT2D eigenvalue weighted by Crippen LogP contribution is 2.20. The second-order valence-corrected chi connectivity index (χ2v) is 7.23. The molecule has 1 fully saturated rings. The molecule has 2 rings (SSSR count). The van der Waals surface area contributed by atoms with Crippen molar-refractivity contribution in [3.63, 3.8) is 0 Å². The van der Waals surface area contributed by atoms with Gasteiger partial charge in [0, 0.05) is 51.5 Å². The molecule has 1 aromatic heterocycles. The predicted octanol–water partition coefficient (Wildman–Crippen LogP) is 2.34. The highest BCUT2D eigenvalue weighted by molar-refractivity contribution is 5.68. The Hall–Kier alpha value is -1.56. The van der Waals surface area contributed by atoms with Crippen molar-refractivity contribution in [2.75, 3.05) is 19.6 Å². The SMILES string of the molecule is Cn1ccnc1CCNCC1CCCCN1C(=O)OC(C)(C)C. The Kier molecular flexibility index (Phi) is 6.04. The molecule has 1 N–H and O–H groups in total. The molecule has 1 atom stereocenters. The Bertz CT molecular complexity index is 507. The monoisotopic (exact) mass is 322 g/mol. The van der Waals surface area contributed by atoms with Crippen molar-refractivity contribution in [1.82, 2.24) is 19.8 Å². The van der Waals surface area contributed by atoms with E-state index in [0.717, 1.165) is 44.7 Å². The van der Waals surface area contributed by atoms with E-state index in [1.54, 1.807) is 0 Å². The van der Waals surface area contributed by atoms with Crippen LogP contribution in [0.4, 0.5) is 4.79 Å². The van der Waals surface area contributed by atoms with Gasteiger partial charge in [0.15, 0.2) is 0 Å². The zero-order chi connectivity index (χ0) is 16.9. The Morgan fingerprint density at radius 2 is 2.22 bits per heavy atom. The lowest BCUT2D eigenvalue weighted by molar-refractivity contribution is 0.00999. The molecule has 1 amide bonds. The maximum atomic E-state index is 12.4. The number of hydrogen-bond donors (Lipinski definition) is 1. The number of aryl methyl sites for hydroxylation is 1. The normalized spacial score (nSPS) is 19.0. The van der Waals surface area contributed by atoms with Crippen LogP contribution in [-0.2, 0) is 18.2 Å². The van der Waals surface area contributed by atoms with Crippen molar-refractivity contribution in [2.24, 2.45) is 7.05 Å². The molecular weight excluding hydrogens is 292 g/mol. The van der Waals surface area contributed by atoms with Crippen LogP contribution in [-0.4, -0.2) is 51.8 Å². The molecule has 0 radical (unpaired) electrons. The third kappa shape index (κ3) is 5.53. The zero-order valence-corrected chi connectivity index (χ0v) is 14.8. The van der Waals surface area contributed by atoms with Gasteiger partial charge in [-0.2, -0.15) is 0 Å². The number of nitrogens with zero attached hydrogens (tertiary/aromatic N) is 3. The molecule has 0 spiro atoms. The molecule has 0 saturated carbocycles. The van der Waals surface area contributed by atoms with Crippen LogP contribution in [0, 0.1) is 0 Å². The summed E-state index contributed by atoms with van der Waals surface area (Å²) in [4.78, 5) is 18.6. The second-order valence-electron chi connectivity index (χ2n) is 7.23. The zero-order valence-electron chi connectivity index (χ0n) is 14.8. The van der Waals surface area contributed by atoms with E-state index in [4.69, 9.17) is 4.74 Å². The van der Waals surface area contributed by atoms with Crippen LogP contribution in [0.25, 0.3) is 0 Å². The van der Waals surface area contributed by atoms with Crippen molar-refractivity contribution in [1.29, 1.82) is 0 Å². The fourth-order valence-corrected chi connectivity index (χ4v) is 2.88. The second kappa shape index (κ2) is 7.81. The van der Waals surface area contributed by atoms with Crippen LogP contribution in [0.1, 0.15) is 45.9 Å². The quantitative estimate of drug-likeness (QED) is 0.845. The Morgan fingerprint density at radius 3 is 2.87 bits per heavy atom. The molecule has 6 heteroatoms. The fourth-order valence-electron chi connectivity index (χ4n) is 2.88. The van der Waals surface area contributed by atoms with E-state index in [1.165, 1.54) is 6.42 Å². The first kappa shape index (κ1) is 17.8. The Morgan fingerprint density at radius 1 is 1.43 bits per heavy atom. The van der Waals surface area contributed by atoms with E-state index in [1.807, 2.05) is 49.7 Å². The topological polar surface area (TPSA) is 59.4 Å². The van der Waals surface area contributed by atoms with Crippen molar-refractivity contribution in [2.45, 2.75) is 58.1 Å². The van der Waals surface area contributed by atoms with Gasteiger partial charge in [-0.25, -0.2) is 9.78 Å². The maximum Gasteiger partial charge on any atom is 0.410 e. The summed E-state index contributed by atoms with van der Waals surface area (Å²) < 4.78 is 7.57. The molecule has 1 aliphatic rings. The first-order valence-corrected chi connectivity index (χ1v) is 8.53. The first-order chi connectivity index (χ1) is 10.9. The number of amides is 1. The molecule has 1 saturated heterocycles. The molecule has 6 nitrogen and oxygen atoms in total. The smallest absolute Gasteiger partial charge is 0.410 e. The average molecular weight is 322 g/mol. The Labute approximate surface area is 139 Å². The number of rotatable bonds is 5. The van der Waals surface area contributed by atoms with Gasteiger partial charge in [-0.05, 0) is 40.0 Å². The van der Waals surface area contributed by atoms with Gasteiger partial charge < -0.3 is 19.5 Å². The van der Waals surface area contributed by atoms with Gasteiger partial charge in [0.25, 0.3) is 0 Å². The van der Waals surface area contributed by atoms with Gasteiger partial charge >= 0.3 is 6.09 Å². The average Bonchev–Trinajstić information content (AvgIpc) is 2.87. The molecule has 0 bridgehead atoms. The molecule has 23 heavy (non-hydrogen) atoms. The summed E-state index contributed by atoms with van der Waals surface area (Å²) in [6, 6.07) is 0.222. The van der Waals surface area contributed by atoms with Gasteiger partial charge in [0.2, 0.25) is 0 Å². The van der Waals surface area contributed by atoms with Gasteiger partial charge in [-0.1, -0.05) is 0 Å². The number of carbonyl (C=O) groups is 1. The van der Waals surface area contributed by atoms with Gasteiger partial charge in [-0.15, -0.1) is 0 Å². The molecule has 0 aromatic carbocycles. The highest BCUT2D eigenvalue weighted by atomic mass is 16.6. The number of ether oxygens (including phenoxy) is 1. The van der Waals surface area contributed by atoms with Gasteiger partial charge in [0.1, 0.15) is 11.4 Å². The lowest BCUT2D eigenvalue weighted by atomic mass is 10.0. The highest BCUT2D eigenvalue weighted by Gasteiger charge is 2.30. The molecule has 2 heterocycles. The number of aromatic nitrogens is 2. The molecule has 0 aliphatic carbocycles. The third-order valence-corrected chi connectivity index (χ3v) is 4.08. The van der Waals surface area contributed by atoms with E-state index in [9.17, 15) is 4.79 Å². The van der Waals surface area contributed by atoms with E-state index in [-0.39, 0.29) is 12.1 Å². The minimum Gasteiger partial charge on any atom is -0.444 e. The van der Waals surface area contributed by atoms with Crippen LogP contribution in [0.2, 0.25) is 0 Å². The van der Waals surface area contributed by atoms with Crippen LogP contribution in [0.5, 0.6) is 0 Å². The van der Waals surface area contributed by atoms with Crippen LogP contribution in [0.15, 0.2) is 12.4 Å². The maximum absolute atomic E-state index is 12.4. The summed E-state index contributed by atoms with van der Waals surface area (Å²) in [5, 5.41) is 3.47. The van der Waals surface area contributed by atoms with Gasteiger partial charge in [-0.3, -0.25) is 0 Å². The third-order valence-electron chi connectivity index (χ3n) is 4.08. The van der Waals surface area contributed by atoms with E-state index >= 15 is 0 Å². The van der Waals surface area contributed by atoms with E-state index in [0.29, 0.717) is 0 Å². The van der Waals surface area contributed by atoms with E-state index < -0.39 is 5.60 Å². The number of imidazole rings is 1. The molecule has 130 valence electrons. The molecular formula is C17H30N4O2. The number of nitrogens with one attached hydrogen (secondary N) is 1. The van der Waals surface area contributed by atoms with Crippen LogP contribution < -0.4 is 5.32 Å². The minimum atomic E-state index is -0.440. The predicted molar refractivity (Wildman–Crippen MR) is 90.4 cm³/mol. The minimum absolute atomic E-state index is 0.187. The van der Waals surface area contributed by atoms with E-state index in [2.05, 4.69) is 10.3 Å². The lowest BCUT2D eigenvalue weighted by Gasteiger charge is -2.36. The summed E-state index contributed by atoms with van der Waals surface area (Å²) in [6.45, 7) is 8.20. The number of hydrogen-bond acceptors (Lipinski definition) is 4.